The predicted octanol–water partition coefficient (Wildman–Crippen LogP) is 2.93. The third kappa shape index (κ3) is 2.56. The number of halogens is 1. The minimum Gasteiger partial charge on any atom is -0.354 e. The number of nitrogens with zero attached hydrogens (tertiary/aromatic N) is 3. The first-order valence-corrected chi connectivity index (χ1v) is 6.06. The van der Waals surface area contributed by atoms with Gasteiger partial charge in [-0.25, -0.2) is 14.4 Å². The Bertz CT molecular complexity index is 661. The van der Waals surface area contributed by atoms with Gasteiger partial charge in [0.05, 0.1) is 4.92 Å². The van der Waals surface area contributed by atoms with Gasteiger partial charge in [0.15, 0.2) is 5.69 Å². The molecule has 0 amide bonds. The van der Waals surface area contributed by atoms with Gasteiger partial charge in [0.25, 0.3) is 0 Å². The molecule has 7 heteroatoms. The van der Waals surface area contributed by atoms with E-state index in [9.17, 15) is 14.5 Å². The van der Waals surface area contributed by atoms with Gasteiger partial charge in [-0.05, 0) is 26.0 Å². The lowest BCUT2D eigenvalue weighted by Crippen LogP contribution is -2.08. The lowest BCUT2D eigenvalue weighted by molar-refractivity contribution is -0.385. The first-order chi connectivity index (χ1) is 9.54. The van der Waals surface area contributed by atoms with Crippen molar-refractivity contribution in [2.45, 2.75) is 13.8 Å². The summed E-state index contributed by atoms with van der Waals surface area (Å²) >= 11 is 0. The second-order valence-electron chi connectivity index (χ2n) is 4.10. The van der Waals surface area contributed by atoms with Crippen LogP contribution in [0.3, 0.4) is 0 Å². The molecule has 1 heterocycles. The molecule has 0 saturated carbocycles. The van der Waals surface area contributed by atoms with E-state index in [0.717, 1.165) is 0 Å². The Morgan fingerprint density at radius 1 is 1.35 bits per heavy atom. The van der Waals surface area contributed by atoms with Crippen LogP contribution in [0.25, 0.3) is 11.3 Å². The third-order valence-electron chi connectivity index (χ3n) is 2.70. The maximum absolute atomic E-state index is 13.9. The molecule has 20 heavy (non-hydrogen) atoms. The van der Waals surface area contributed by atoms with Crippen LogP contribution >= 0.6 is 0 Å². The van der Waals surface area contributed by atoms with Crippen molar-refractivity contribution in [3.8, 4) is 11.3 Å². The Labute approximate surface area is 114 Å². The van der Waals surface area contributed by atoms with Gasteiger partial charge in [0, 0.05) is 12.1 Å². The van der Waals surface area contributed by atoms with Gasteiger partial charge < -0.3 is 5.32 Å². The van der Waals surface area contributed by atoms with E-state index in [2.05, 4.69) is 15.3 Å². The molecule has 104 valence electrons. The molecular weight excluding hydrogens is 263 g/mol. The van der Waals surface area contributed by atoms with Crippen molar-refractivity contribution >= 4 is 11.6 Å². The van der Waals surface area contributed by atoms with Gasteiger partial charge >= 0.3 is 5.69 Å². The van der Waals surface area contributed by atoms with Crippen LogP contribution in [0.4, 0.5) is 16.0 Å². The number of aromatic nitrogens is 2. The Kier molecular flexibility index (Phi) is 3.88. The Balaban J connectivity index is 2.71. The van der Waals surface area contributed by atoms with E-state index in [-0.39, 0.29) is 28.6 Å². The largest absolute Gasteiger partial charge is 0.354 e. The van der Waals surface area contributed by atoms with Gasteiger partial charge in [0.2, 0.25) is 5.95 Å². The maximum Gasteiger partial charge on any atom is 0.316 e. The zero-order chi connectivity index (χ0) is 14.7. The second kappa shape index (κ2) is 5.60. The zero-order valence-corrected chi connectivity index (χ0v) is 11.1. The van der Waals surface area contributed by atoms with Crippen LogP contribution in [-0.4, -0.2) is 21.4 Å². The molecule has 0 bridgehead atoms. The Hall–Kier alpha value is -2.57. The van der Waals surface area contributed by atoms with Crippen LogP contribution in [-0.2, 0) is 0 Å². The maximum atomic E-state index is 13.9. The molecular formula is C13H13FN4O2. The van der Waals surface area contributed by atoms with Gasteiger partial charge in [-0.3, -0.25) is 10.1 Å². The van der Waals surface area contributed by atoms with Gasteiger partial charge in [-0.15, -0.1) is 0 Å². The van der Waals surface area contributed by atoms with E-state index in [1.54, 1.807) is 6.07 Å². The second-order valence-corrected chi connectivity index (χ2v) is 4.10. The van der Waals surface area contributed by atoms with E-state index >= 15 is 0 Å². The van der Waals surface area contributed by atoms with Gasteiger partial charge in [0.1, 0.15) is 11.5 Å². The lowest BCUT2D eigenvalue weighted by Gasteiger charge is -2.08. The smallest absolute Gasteiger partial charge is 0.316 e. The van der Waals surface area contributed by atoms with Crippen molar-refractivity contribution in [2.75, 3.05) is 11.9 Å². The van der Waals surface area contributed by atoms with Crippen molar-refractivity contribution in [3.63, 3.8) is 0 Å². The van der Waals surface area contributed by atoms with Crippen LogP contribution in [0.1, 0.15) is 12.6 Å². The summed E-state index contributed by atoms with van der Waals surface area (Å²) < 4.78 is 13.9. The number of hydrogen-bond acceptors (Lipinski definition) is 5. The minimum absolute atomic E-state index is 0.0171. The SMILES string of the molecule is CCNc1nc(C)c([N+](=O)[O-])c(-c2ccccc2F)n1. The Morgan fingerprint density at radius 2 is 2.05 bits per heavy atom. The van der Waals surface area contributed by atoms with Crippen LogP contribution in [0.15, 0.2) is 24.3 Å². The van der Waals surface area contributed by atoms with Gasteiger partial charge in [-0.1, -0.05) is 12.1 Å². The lowest BCUT2D eigenvalue weighted by atomic mass is 10.1. The first kappa shape index (κ1) is 13.9. The molecule has 1 aromatic heterocycles. The van der Waals surface area contributed by atoms with E-state index < -0.39 is 10.7 Å². The van der Waals surface area contributed by atoms with Crippen molar-refractivity contribution in [1.82, 2.24) is 9.97 Å². The standard InChI is InChI=1S/C13H13FN4O2/c1-3-15-13-16-8(2)12(18(19)20)11(17-13)9-6-4-5-7-10(9)14/h4-7H,3H2,1-2H3,(H,15,16,17). The molecule has 0 fully saturated rings. The number of nitrogens with one attached hydrogen (secondary N) is 1. The fourth-order valence-electron chi connectivity index (χ4n) is 1.86. The highest BCUT2D eigenvalue weighted by molar-refractivity contribution is 5.72. The van der Waals surface area contributed by atoms with Crippen LogP contribution in [0, 0.1) is 22.9 Å². The summed E-state index contributed by atoms with van der Waals surface area (Å²) in [5.74, 6) is -0.315. The van der Waals surface area contributed by atoms with E-state index in [1.165, 1.54) is 25.1 Å². The van der Waals surface area contributed by atoms with Crippen molar-refractivity contribution in [1.29, 1.82) is 0 Å². The number of benzene rings is 1. The molecule has 1 aromatic carbocycles. The summed E-state index contributed by atoms with van der Waals surface area (Å²) in [7, 11) is 0. The average molecular weight is 276 g/mol. The van der Waals surface area contributed by atoms with Gasteiger partial charge in [-0.2, -0.15) is 0 Å². The molecule has 0 aliphatic rings. The number of aryl methyl sites for hydroxylation is 1. The highest BCUT2D eigenvalue weighted by Crippen LogP contribution is 2.32. The first-order valence-electron chi connectivity index (χ1n) is 6.06. The normalized spacial score (nSPS) is 10.3. The summed E-state index contributed by atoms with van der Waals surface area (Å²) in [6, 6.07) is 5.82. The molecule has 0 aliphatic heterocycles. The number of anilines is 1. The summed E-state index contributed by atoms with van der Waals surface area (Å²) in [6.45, 7) is 3.92. The summed E-state index contributed by atoms with van der Waals surface area (Å²) in [5.41, 5.74) is -0.0173. The highest BCUT2D eigenvalue weighted by Gasteiger charge is 2.24. The topological polar surface area (TPSA) is 81.0 Å². The number of rotatable bonds is 4. The van der Waals surface area contributed by atoms with E-state index in [1.807, 2.05) is 6.92 Å². The summed E-state index contributed by atoms with van der Waals surface area (Å²) in [5, 5.41) is 14.1. The quantitative estimate of drug-likeness (QED) is 0.686. The summed E-state index contributed by atoms with van der Waals surface area (Å²) in [6.07, 6.45) is 0. The van der Waals surface area contributed by atoms with Crippen LogP contribution in [0.5, 0.6) is 0 Å². The molecule has 1 N–H and O–H groups in total. The van der Waals surface area contributed by atoms with E-state index in [4.69, 9.17) is 0 Å². The molecule has 0 spiro atoms. The molecule has 0 unspecified atom stereocenters. The molecule has 0 saturated heterocycles. The van der Waals surface area contributed by atoms with Crippen LogP contribution < -0.4 is 5.32 Å². The van der Waals surface area contributed by atoms with Crippen molar-refractivity contribution < 1.29 is 9.31 Å². The third-order valence-corrected chi connectivity index (χ3v) is 2.70. The van der Waals surface area contributed by atoms with Crippen molar-refractivity contribution in [2.24, 2.45) is 0 Å². The average Bonchev–Trinajstić information content (AvgIpc) is 2.38. The monoisotopic (exact) mass is 276 g/mol. The minimum atomic E-state index is -0.590. The highest BCUT2D eigenvalue weighted by atomic mass is 19.1. The van der Waals surface area contributed by atoms with Crippen LogP contribution in [0.2, 0.25) is 0 Å². The fourth-order valence-corrected chi connectivity index (χ4v) is 1.86. The summed E-state index contributed by atoms with van der Waals surface area (Å²) in [4.78, 5) is 18.7. The predicted molar refractivity (Wildman–Crippen MR) is 73.0 cm³/mol. The van der Waals surface area contributed by atoms with E-state index in [0.29, 0.717) is 6.54 Å². The molecule has 0 radical (unpaired) electrons. The zero-order valence-electron chi connectivity index (χ0n) is 11.1. The fraction of sp³-hybridized carbons (Fsp3) is 0.231. The molecule has 6 nitrogen and oxygen atoms in total. The molecule has 2 aromatic rings. The Morgan fingerprint density at radius 3 is 2.65 bits per heavy atom. The number of nitro groups is 1. The number of hydrogen-bond donors (Lipinski definition) is 1. The van der Waals surface area contributed by atoms with Crippen molar-refractivity contribution in [3.05, 3.63) is 45.9 Å². The molecule has 2 rings (SSSR count). The molecule has 0 atom stereocenters. The molecule has 0 aliphatic carbocycles.